The quantitative estimate of drug-likeness (QED) is 0.777. The molecule has 5 nitrogen and oxygen atoms in total. The Kier molecular flexibility index (Phi) is 3.19. The van der Waals surface area contributed by atoms with Gasteiger partial charge in [-0.05, 0) is 23.8 Å². The highest BCUT2D eigenvalue weighted by molar-refractivity contribution is 6.31. The third kappa shape index (κ3) is 2.68. The summed E-state index contributed by atoms with van der Waals surface area (Å²) in [5.74, 6) is 0.342. The second kappa shape index (κ2) is 4.63. The Bertz CT molecular complexity index is 564. The zero-order chi connectivity index (χ0) is 12.4. The first-order chi connectivity index (χ1) is 8.06. The van der Waals surface area contributed by atoms with Crippen molar-refractivity contribution < 1.29 is 4.79 Å². The molecular weight excluding hydrogens is 240 g/mol. The van der Waals surface area contributed by atoms with Crippen LogP contribution < -0.4 is 0 Å². The number of hydrogen-bond acceptors (Lipinski definition) is 4. The number of carbonyl (C=O) groups excluding carboxylic acids is 1. The van der Waals surface area contributed by atoms with E-state index < -0.39 is 0 Å². The lowest BCUT2D eigenvalue weighted by Gasteiger charge is -2.01. The van der Waals surface area contributed by atoms with Crippen LogP contribution in [0.4, 0.5) is 0 Å². The number of rotatable bonds is 3. The van der Waals surface area contributed by atoms with Crippen LogP contribution in [0.15, 0.2) is 18.2 Å². The number of aryl methyl sites for hydroxylation is 2. The van der Waals surface area contributed by atoms with Crippen molar-refractivity contribution in [3.8, 4) is 0 Å². The first-order valence-electron chi connectivity index (χ1n) is 5.08. The highest BCUT2D eigenvalue weighted by Crippen LogP contribution is 2.17. The van der Waals surface area contributed by atoms with Gasteiger partial charge < -0.3 is 0 Å². The first-order valence-corrected chi connectivity index (χ1v) is 5.46. The molecule has 0 bridgehead atoms. The fraction of sp³-hybridized carbons (Fsp3) is 0.273. The lowest BCUT2D eigenvalue weighted by molar-refractivity contribution is 0.0990. The van der Waals surface area contributed by atoms with Gasteiger partial charge in [0.2, 0.25) is 0 Å². The summed E-state index contributed by atoms with van der Waals surface area (Å²) in [6.45, 7) is 1.89. The van der Waals surface area contributed by atoms with E-state index in [0.29, 0.717) is 16.4 Å². The minimum absolute atomic E-state index is 0.0695. The molecule has 0 spiro atoms. The standard InChI is InChI=1S/C11H11ClN4O/c1-7-3-4-8(5-9(7)12)10(17)6-11-13-15-16(2)14-11/h3-5H,6H2,1-2H3. The maximum Gasteiger partial charge on any atom is 0.182 e. The normalized spacial score (nSPS) is 10.5. The molecule has 0 atom stereocenters. The van der Waals surface area contributed by atoms with E-state index in [1.54, 1.807) is 19.2 Å². The fourth-order valence-corrected chi connectivity index (χ4v) is 1.59. The second-order valence-electron chi connectivity index (χ2n) is 3.76. The highest BCUT2D eigenvalue weighted by atomic mass is 35.5. The lowest BCUT2D eigenvalue weighted by Crippen LogP contribution is -2.05. The highest BCUT2D eigenvalue weighted by Gasteiger charge is 2.11. The van der Waals surface area contributed by atoms with Crippen molar-refractivity contribution in [1.29, 1.82) is 0 Å². The summed E-state index contributed by atoms with van der Waals surface area (Å²) in [5, 5.41) is 12.0. The Labute approximate surface area is 103 Å². The molecular formula is C11H11ClN4O. The van der Waals surface area contributed by atoms with Crippen LogP contribution >= 0.6 is 11.6 Å². The Morgan fingerprint density at radius 1 is 1.47 bits per heavy atom. The van der Waals surface area contributed by atoms with Crippen molar-refractivity contribution in [1.82, 2.24) is 20.2 Å². The Morgan fingerprint density at radius 2 is 2.24 bits per heavy atom. The van der Waals surface area contributed by atoms with E-state index in [0.717, 1.165) is 5.56 Å². The van der Waals surface area contributed by atoms with Crippen molar-refractivity contribution in [2.24, 2.45) is 7.05 Å². The number of halogens is 1. The van der Waals surface area contributed by atoms with Gasteiger partial charge in [-0.25, -0.2) is 0 Å². The zero-order valence-corrected chi connectivity index (χ0v) is 10.3. The maximum absolute atomic E-state index is 11.9. The van der Waals surface area contributed by atoms with Gasteiger partial charge in [-0.15, -0.1) is 10.2 Å². The van der Waals surface area contributed by atoms with E-state index >= 15 is 0 Å². The van der Waals surface area contributed by atoms with Crippen LogP contribution in [0.1, 0.15) is 21.7 Å². The molecule has 1 aromatic carbocycles. The van der Waals surface area contributed by atoms with Crippen molar-refractivity contribution in [3.63, 3.8) is 0 Å². The van der Waals surface area contributed by atoms with Gasteiger partial charge >= 0.3 is 0 Å². The molecule has 88 valence electrons. The average Bonchev–Trinajstić information content (AvgIpc) is 2.68. The van der Waals surface area contributed by atoms with Gasteiger partial charge in [0.15, 0.2) is 11.6 Å². The molecule has 0 saturated carbocycles. The molecule has 0 unspecified atom stereocenters. The molecule has 0 N–H and O–H groups in total. The number of benzene rings is 1. The number of hydrogen-bond donors (Lipinski definition) is 0. The smallest absolute Gasteiger partial charge is 0.182 e. The van der Waals surface area contributed by atoms with Gasteiger partial charge in [0.1, 0.15) is 0 Å². The van der Waals surface area contributed by atoms with Crippen molar-refractivity contribution >= 4 is 17.4 Å². The number of nitrogens with zero attached hydrogens (tertiary/aromatic N) is 4. The van der Waals surface area contributed by atoms with Gasteiger partial charge in [-0.2, -0.15) is 4.80 Å². The number of Topliss-reactive ketones (excluding diaryl/α,β-unsaturated/α-hetero) is 1. The molecule has 0 amide bonds. The molecule has 0 saturated heterocycles. The first kappa shape index (κ1) is 11.7. The van der Waals surface area contributed by atoms with Crippen molar-refractivity contribution in [3.05, 3.63) is 40.2 Å². The predicted octanol–water partition coefficient (Wildman–Crippen LogP) is 1.60. The van der Waals surface area contributed by atoms with Gasteiger partial charge in [-0.3, -0.25) is 4.79 Å². The molecule has 0 aliphatic heterocycles. The topological polar surface area (TPSA) is 60.7 Å². The minimum atomic E-state index is -0.0695. The maximum atomic E-state index is 11.9. The molecule has 0 radical (unpaired) electrons. The fourth-order valence-electron chi connectivity index (χ4n) is 1.41. The Morgan fingerprint density at radius 3 is 2.82 bits per heavy atom. The van der Waals surface area contributed by atoms with Gasteiger partial charge in [-0.1, -0.05) is 23.7 Å². The number of ketones is 1. The van der Waals surface area contributed by atoms with E-state index in [1.165, 1.54) is 4.80 Å². The third-order valence-electron chi connectivity index (χ3n) is 2.36. The van der Waals surface area contributed by atoms with Crippen LogP contribution in [-0.4, -0.2) is 26.0 Å². The number of aromatic nitrogens is 4. The van der Waals surface area contributed by atoms with Crippen LogP contribution in [0, 0.1) is 6.92 Å². The molecule has 1 aromatic heterocycles. The summed E-state index contributed by atoms with van der Waals surface area (Å²) in [6.07, 6.45) is 0.132. The molecule has 1 heterocycles. The summed E-state index contributed by atoms with van der Waals surface area (Å²) in [5.41, 5.74) is 1.51. The lowest BCUT2D eigenvalue weighted by atomic mass is 10.1. The van der Waals surface area contributed by atoms with E-state index in [9.17, 15) is 4.79 Å². The third-order valence-corrected chi connectivity index (χ3v) is 2.77. The average molecular weight is 251 g/mol. The molecule has 2 aromatic rings. The molecule has 0 aliphatic rings. The summed E-state index contributed by atoms with van der Waals surface area (Å²) in [6, 6.07) is 5.23. The number of tetrazole rings is 1. The van der Waals surface area contributed by atoms with Crippen LogP contribution in [0.5, 0.6) is 0 Å². The summed E-state index contributed by atoms with van der Waals surface area (Å²) < 4.78 is 0. The Balaban J connectivity index is 2.17. The van der Waals surface area contributed by atoms with Crippen LogP contribution in [0.3, 0.4) is 0 Å². The van der Waals surface area contributed by atoms with Gasteiger partial charge in [0, 0.05) is 10.6 Å². The van der Waals surface area contributed by atoms with Crippen LogP contribution in [0.25, 0.3) is 0 Å². The van der Waals surface area contributed by atoms with Crippen LogP contribution in [-0.2, 0) is 13.5 Å². The molecule has 2 rings (SSSR count). The summed E-state index contributed by atoms with van der Waals surface area (Å²) in [4.78, 5) is 13.2. The molecule has 0 fully saturated rings. The van der Waals surface area contributed by atoms with E-state index in [1.807, 2.05) is 13.0 Å². The van der Waals surface area contributed by atoms with Gasteiger partial charge in [0.05, 0.1) is 13.5 Å². The van der Waals surface area contributed by atoms with E-state index in [-0.39, 0.29) is 12.2 Å². The summed E-state index contributed by atoms with van der Waals surface area (Å²) >= 11 is 5.97. The molecule has 6 heteroatoms. The Hall–Kier alpha value is -1.75. The minimum Gasteiger partial charge on any atom is -0.294 e. The van der Waals surface area contributed by atoms with E-state index in [2.05, 4.69) is 15.4 Å². The predicted molar refractivity (Wildman–Crippen MR) is 63.0 cm³/mol. The second-order valence-corrected chi connectivity index (χ2v) is 4.17. The van der Waals surface area contributed by atoms with Gasteiger partial charge in [0.25, 0.3) is 0 Å². The summed E-state index contributed by atoms with van der Waals surface area (Å²) in [7, 11) is 1.66. The zero-order valence-electron chi connectivity index (χ0n) is 9.51. The molecule has 0 aliphatic carbocycles. The monoisotopic (exact) mass is 250 g/mol. The number of carbonyl (C=O) groups is 1. The molecule has 17 heavy (non-hydrogen) atoms. The van der Waals surface area contributed by atoms with Crippen LogP contribution in [0.2, 0.25) is 5.02 Å². The largest absolute Gasteiger partial charge is 0.294 e. The van der Waals surface area contributed by atoms with Crippen molar-refractivity contribution in [2.75, 3.05) is 0 Å². The SMILES string of the molecule is Cc1ccc(C(=O)Cc2nnn(C)n2)cc1Cl. The van der Waals surface area contributed by atoms with Crippen molar-refractivity contribution in [2.45, 2.75) is 13.3 Å². The van der Waals surface area contributed by atoms with E-state index in [4.69, 9.17) is 11.6 Å².